The van der Waals surface area contributed by atoms with Gasteiger partial charge in [0.15, 0.2) is 0 Å². The minimum absolute atomic E-state index is 0.733. The second-order valence-corrected chi connectivity index (χ2v) is 4.41. The Morgan fingerprint density at radius 3 is 2.72 bits per heavy atom. The number of nitrogens with zero attached hydrogens (tertiary/aromatic N) is 2. The zero-order valence-corrected chi connectivity index (χ0v) is 10.8. The number of rotatable bonds is 6. The molecule has 0 bridgehead atoms. The van der Waals surface area contributed by atoms with Crippen molar-refractivity contribution in [3.63, 3.8) is 0 Å². The fraction of sp³-hybridized carbons (Fsp3) is 0.267. The van der Waals surface area contributed by atoms with E-state index in [4.69, 9.17) is 0 Å². The second kappa shape index (κ2) is 6.05. The second-order valence-electron chi connectivity index (χ2n) is 4.41. The number of anilines is 1. The molecular formula is C15H19N3. The standard InChI is InChI=1S/C15H19N3/c1-3-4-14-5-7-15(8-6-14)17-13(2)11-18-10-9-16-12-18/h5-10,12,17H,2-4,11H2,1H3. The molecule has 3 nitrogen and oxygen atoms in total. The molecule has 2 aromatic rings. The molecule has 3 heteroatoms. The SMILES string of the molecule is C=C(Cn1ccnc1)Nc1ccc(CCC)cc1. The number of aromatic nitrogens is 2. The molecule has 0 saturated carbocycles. The average molecular weight is 241 g/mol. The molecule has 0 atom stereocenters. The van der Waals surface area contributed by atoms with Crippen molar-refractivity contribution in [2.45, 2.75) is 26.3 Å². The molecule has 0 radical (unpaired) electrons. The van der Waals surface area contributed by atoms with E-state index < -0.39 is 0 Å². The molecule has 0 unspecified atom stereocenters. The largest absolute Gasteiger partial charge is 0.358 e. The molecule has 1 aromatic carbocycles. The number of allylic oxidation sites excluding steroid dienone is 1. The van der Waals surface area contributed by atoms with E-state index in [1.165, 1.54) is 12.0 Å². The van der Waals surface area contributed by atoms with Crippen LogP contribution in [0.2, 0.25) is 0 Å². The van der Waals surface area contributed by atoms with Crippen LogP contribution in [0.25, 0.3) is 0 Å². The van der Waals surface area contributed by atoms with Crippen molar-refractivity contribution in [1.29, 1.82) is 0 Å². The smallest absolute Gasteiger partial charge is 0.0949 e. The maximum atomic E-state index is 4.02. The maximum Gasteiger partial charge on any atom is 0.0949 e. The van der Waals surface area contributed by atoms with E-state index in [0.717, 1.165) is 24.4 Å². The zero-order chi connectivity index (χ0) is 12.8. The van der Waals surface area contributed by atoms with Crippen LogP contribution < -0.4 is 5.32 Å². The maximum absolute atomic E-state index is 4.02. The van der Waals surface area contributed by atoms with Crippen molar-refractivity contribution in [2.75, 3.05) is 5.32 Å². The molecule has 0 aliphatic heterocycles. The Morgan fingerprint density at radius 2 is 2.11 bits per heavy atom. The fourth-order valence-corrected chi connectivity index (χ4v) is 1.89. The number of hydrogen-bond acceptors (Lipinski definition) is 2. The molecule has 0 spiro atoms. The number of aryl methyl sites for hydroxylation is 1. The third-order valence-corrected chi connectivity index (χ3v) is 2.75. The van der Waals surface area contributed by atoms with Crippen LogP contribution in [0.5, 0.6) is 0 Å². The van der Waals surface area contributed by atoms with Gasteiger partial charge in [-0.05, 0) is 24.1 Å². The van der Waals surface area contributed by atoms with Crippen LogP contribution in [0, 0.1) is 0 Å². The van der Waals surface area contributed by atoms with Crippen molar-refractivity contribution in [1.82, 2.24) is 9.55 Å². The molecule has 1 aromatic heterocycles. The molecule has 0 fully saturated rings. The van der Waals surface area contributed by atoms with Gasteiger partial charge in [-0.3, -0.25) is 0 Å². The van der Waals surface area contributed by atoms with Crippen LogP contribution >= 0.6 is 0 Å². The van der Waals surface area contributed by atoms with E-state index in [1.807, 2.05) is 10.8 Å². The van der Waals surface area contributed by atoms with Gasteiger partial charge in [0.25, 0.3) is 0 Å². The molecule has 18 heavy (non-hydrogen) atoms. The van der Waals surface area contributed by atoms with Crippen molar-refractivity contribution < 1.29 is 0 Å². The zero-order valence-electron chi connectivity index (χ0n) is 10.8. The number of benzene rings is 1. The van der Waals surface area contributed by atoms with Gasteiger partial charge < -0.3 is 9.88 Å². The van der Waals surface area contributed by atoms with Crippen LogP contribution in [-0.2, 0) is 13.0 Å². The third kappa shape index (κ3) is 3.48. The molecule has 0 aliphatic carbocycles. The van der Waals surface area contributed by atoms with E-state index in [9.17, 15) is 0 Å². The van der Waals surface area contributed by atoms with Crippen molar-refractivity contribution in [3.8, 4) is 0 Å². The van der Waals surface area contributed by atoms with Gasteiger partial charge in [0.05, 0.1) is 12.9 Å². The molecule has 1 heterocycles. The summed E-state index contributed by atoms with van der Waals surface area (Å²) in [5.41, 5.74) is 3.42. The summed E-state index contributed by atoms with van der Waals surface area (Å²) in [5.74, 6) is 0. The van der Waals surface area contributed by atoms with Crippen molar-refractivity contribution >= 4 is 5.69 Å². The monoisotopic (exact) mass is 241 g/mol. The van der Waals surface area contributed by atoms with Crippen molar-refractivity contribution in [2.24, 2.45) is 0 Å². The van der Waals surface area contributed by atoms with Gasteiger partial charge >= 0.3 is 0 Å². The van der Waals surface area contributed by atoms with E-state index in [1.54, 1.807) is 12.5 Å². The summed E-state index contributed by atoms with van der Waals surface area (Å²) in [4.78, 5) is 4.01. The Bertz CT molecular complexity index is 483. The van der Waals surface area contributed by atoms with Crippen LogP contribution in [0.15, 0.2) is 55.3 Å². The lowest BCUT2D eigenvalue weighted by molar-refractivity contribution is 0.788. The summed E-state index contributed by atoms with van der Waals surface area (Å²) < 4.78 is 1.99. The topological polar surface area (TPSA) is 29.9 Å². The Morgan fingerprint density at radius 1 is 1.33 bits per heavy atom. The van der Waals surface area contributed by atoms with Gasteiger partial charge in [-0.15, -0.1) is 0 Å². The first-order valence-corrected chi connectivity index (χ1v) is 6.27. The molecular weight excluding hydrogens is 222 g/mol. The van der Waals surface area contributed by atoms with E-state index in [-0.39, 0.29) is 0 Å². The van der Waals surface area contributed by atoms with Gasteiger partial charge in [0.2, 0.25) is 0 Å². The minimum atomic E-state index is 0.733. The number of hydrogen-bond donors (Lipinski definition) is 1. The Balaban J connectivity index is 1.90. The first-order chi connectivity index (χ1) is 8.78. The Hall–Kier alpha value is -2.03. The molecule has 0 saturated heterocycles. The van der Waals surface area contributed by atoms with E-state index in [2.05, 4.69) is 48.1 Å². The van der Waals surface area contributed by atoms with Crippen LogP contribution in [0.3, 0.4) is 0 Å². The van der Waals surface area contributed by atoms with Gasteiger partial charge in [-0.25, -0.2) is 4.98 Å². The van der Waals surface area contributed by atoms with Gasteiger partial charge in [-0.1, -0.05) is 32.1 Å². The normalized spacial score (nSPS) is 10.3. The molecule has 2 rings (SSSR count). The highest BCUT2D eigenvalue weighted by Crippen LogP contribution is 2.13. The summed E-state index contributed by atoms with van der Waals surface area (Å²) in [6.07, 6.45) is 7.80. The summed E-state index contributed by atoms with van der Waals surface area (Å²) in [6, 6.07) is 8.53. The predicted molar refractivity (Wildman–Crippen MR) is 75.4 cm³/mol. The molecule has 1 N–H and O–H groups in total. The van der Waals surface area contributed by atoms with Crippen LogP contribution in [-0.4, -0.2) is 9.55 Å². The highest BCUT2D eigenvalue weighted by Gasteiger charge is 1.98. The van der Waals surface area contributed by atoms with Crippen LogP contribution in [0.1, 0.15) is 18.9 Å². The minimum Gasteiger partial charge on any atom is -0.358 e. The molecule has 0 amide bonds. The lowest BCUT2D eigenvalue weighted by atomic mass is 10.1. The lowest BCUT2D eigenvalue weighted by Crippen LogP contribution is -2.06. The Labute approximate surface area is 108 Å². The summed E-state index contributed by atoms with van der Waals surface area (Å²) in [7, 11) is 0. The summed E-state index contributed by atoms with van der Waals surface area (Å²) in [5, 5.41) is 3.31. The fourth-order valence-electron chi connectivity index (χ4n) is 1.89. The summed E-state index contributed by atoms with van der Waals surface area (Å²) in [6.45, 7) is 6.95. The van der Waals surface area contributed by atoms with Crippen LogP contribution in [0.4, 0.5) is 5.69 Å². The molecule has 0 aliphatic rings. The van der Waals surface area contributed by atoms with Gasteiger partial charge in [0, 0.05) is 23.8 Å². The number of imidazole rings is 1. The van der Waals surface area contributed by atoms with Gasteiger partial charge in [0.1, 0.15) is 0 Å². The Kier molecular flexibility index (Phi) is 4.18. The van der Waals surface area contributed by atoms with Crippen molar-refractivity contribution in [3.05, 3.63) is 60.8 Å². The third-order valence-electron chi connectivity index (χ3n) is 2.75. The average Bonchev–Trinajstić information content (AvgIpc) is 2.84. The first kappa shape index (κ1) is 12.4. The lowest BCUT2D eigenvalue weighted by Gasteiger charge is -2.10. The molecule has 94 valence electrons. The highest BCUT2D eigenvalue weighted by atomic mass is 15.0. The summed E-state index contributed by atoms with van der Waals surface area (Å²) >= 11 is 0. The van der Waals surface area contributed by atoms with E-state index in [0.29, 0.717) is 0 Å². The van der Waals surface area contributed by atoms with Gasteiger partial charge in [-0.2, -0.15) is 0 Å². The van der Waals surface area contributed by atoms with E-state index >= 15 is 0 Å². The predicted octanol–water partition coefficient (Wildman–Crippen LogP) is 3.46. The highest BCUT2D eigenvalue weighted by molar-refractivity contribution is 5.48. The first-order valence-electron chi connectivity index (χ1n) is 6.27. The quantitative estimate of drug-likeness (QED) is 0.839. The number of nitrogens with one attached hydrogen (secondary N) is 1.